The molecule has 0 radical (unpaired) electrons. The molecule has 0 aliphatic heterocycles. The largest absolute Gasteiger partial charge is 0.313 e. The second kappa shape index (κ2) is 6.31. The molecule has 0 saturated heterocycles. The quantitative estimate of drug-likeness (QED) is 0.879. The van der Waals surface area contributed by atoms with Crippen LogP contribution in [0.3, 0.4) is 0 Å². The smallest absolute Gasteiger partial charge is 0.0548 e. The molecule has 82 valence electrons. The SMILES string of the molecule is CCNC/C(C)=C/c1ccc(Cl)c(Br)c1. The van der Waals surface area contributed by atoms with Gasteiger partial charge in [0.05, 0.1) is 5.02 Å². The van der Waals surface area contributed by atoms with Crippen molar-refractivity contribution in [3.05, 3.63) is 38.8 Å². The van der Waals surface area contributed by atoms with E-state index in [4.69, 9.17) is 11.6 Å². The van der Waals surface area contributed by atoms with E-state index < -0.39 is 0 Å². The molecular formula is C12H15BrClN. The fourth-order valence-electron chi connectivity index (χ4n) is 1.26. The van der Waals surface area contributed by atoms with E-state index in [0.29, 0.717) is 0 Å². The molecule has 1 N–H and O–H groups in total. The van der Waals surface area contributed by atoms with Crippen molar-refractivity contribution >= 4 is 33.6 Å². The second-order valence-corrected chi connectivity index (χ2v) is 4.71. The molecule has 0 unspecified atom stereocenters. The molecule has 0 amide bonds. The Morgan fingerprint density at radius 1 is 1.53 bits per heavy atom. The van der Waals surface area contributed by atoms with E-state index in [9.17, 15) is 0 Å². The minimum absolute atomic E-state index is 0.747. The molecule has 0 saturated carbocycles. The molecule has 0 atom stereocenters. The average molecular weight is 289 g/mol. The normalized spacial score (nSPS) is 11.9. The molecule has 0 aliphatic carbocycles. The summed E-state index contributed by atoms with van der Waals surface area (Å²) in [6, 6.07) is 5.94. The van der Waals surface area contributed by atoms with Crippen molar-refractivity contribution in [2.45, 2.75) is 13.8 Å². The van der Waals surface area contributed by atoms with Crippen LogP contribution in [0.4, 0.5) is 0 Å². The van der Waals surface area contributed by atoms with Crippen LogP contribution in [0.5, 0.6) is 0 Å². The Hall–Kier alpha value is -0.310. The second-order valence-electron chi connectivity index (χ2n) is 3.44. The lowest BCUT2D eigenvalue weighted by Gasteiger charge is -2.03. The maximum absolute atomic E-state index is 5.92. The Morgan fingerprint density at radius 3 is 2.87 bits per heavy atom. The topological polar surface area (TPSA) is 12.0 Å². The monoisotopic (exact) mass is 287 g/mol. The predicted molar refractivity (Wildman–Crippen MR) is 71.3 cm³/mol. The van der Waals surface area contributed by atoms with Gasteiger partial charge in [0.2, 0.25) is 0 Å². The van der Waals surface area contributed by atoms with E-state index in [1.54, 1.807) is 0 Å². The van der Waals surface area contributed by atoms with Gasteiger partial charge in [-0.3, -0.25) is 0 Å². The van der Waals surface area contributed by atoms with Gasteiger partial charge in [-0.05, 0) is 47.1 Å². The van der Waals surface area contributed by atoms with E-state index in [0.717, 1.165) is 22.6 Å². The summed E-state index contributed by atoms with van der Waals surface area (Å²) in [6.07, 6.45) is 2.16. The number of halogens is 2. The van der Waals surface area contributed by atoms with Gasteiger partial charge in [0.1, 0.15) is 0 Å². The first-order chi connectivity index (χ1) is 7.13. The highest BCUT2D eigenvalue weighted by molar-refractivity contribution is 9.10. The fourth-order valence-corrected chi connectivity index (χ4v) is 1.77. The van der Waals surface area contributed by atoms with E-state index in [-0.39, 0.29) is 0 Å². The number of hydrogen-bond donors (Lipinski definition) is 1. The highest BCUT2D eigenvalue weighted by atomic mass is 79.9. The van der Waals surface area contributed by atoms with Crippen LogP contribution in [-0.2, 0) is 0 Å². The van der Waals surface area contributed by atoms with Crippen LogP contribution >= 0.6 is 27.5 Å². The molecule has 1 aromatic carbocycles. The first-order valence-corrected chi connectivity index (χ1v) is 6.13. The Labute approximate surface area is 105 Å². The number of rotatable bonds is 4. The third-order valence-electron chi connectivity index (χ3n) is 2.01. The lowest BCUT2D eigenvalue weighted by Crippen LogP contribution is -2.14. The van der Waals surface area contributed by atoms with Crippen LogP contribution in [0, 0.1) is 0 Å². The summed E-state index contributed by atoms with van der Waals surface area (Å²) < 4.78 is 0.939. The predicted octanol–water partition coefficient (Wildman–Crippen LogP) is 4.12. The standard InChI is InChI=1S/C12H15BrClN/c1-3-15-8-9(2)6-10-4-5-12(14)11(13)7-10/h4-7,15H,3,8H2,1-2H3/b9-6+. The molecule has 0 fully saturated rings. The van der Waals surface area contributed by atoms with E-state index in [1.807, 2.05) is 18.2 Å². The molecule has 1 rings (SSSR count). The minimum atomic E-state index is 0.747. The van der Waals surface area contributed by atoms with Gasteiger partial charge in [-0.2, -0.15) is 0 Å². The van der Waals surface area contributed by atoms with Crippen LogP contribution < -0.4 is 5.32 Å². The summed E-state index contributed by atoms with van der Waals surface area (Å²) in [5.74, 6) is 0. The van der Waals surface area contributed by atoms with Crippen molar-refractivity contribution < 1.29 is 0 Å². The van der Waals surface area contributed by atoms with Gasteiger partial charge in [-0.15, -0.1) is 0 Å². The van der Waals surface area contributed by atoms with E-state index in [1.165, 1.54) is 11.1 Å². The van der Waals surface area contributed by atoms with Crippen LogP contribution in [0.2, 0.25) is 5.02 Å². The van der Waals surface area contributed by atoms with Gasteiger partial charge in [0.15, 0.2) is 0 Å². The summed E-state index contributed by atoms with van der Waals surface area (Å²) in [7, 11) is 0. The van der Waals surface area contributed by atoms with Crippen LogP contribution in [0.25, 0.3) is 6.08 Å². The molecular weight excluding hydrogens is 273 g/mol. The highest BCUT2D eigenvalue weighted by Gasteiger charge is 1.97. The molecule has 1 nitrogen and oxygen atoms in total. The van der Waals surface area contributed by atoms with Gasteiger partial charge in [-0.1, -0.05) is 36.2 Å². The van der Waals surface area contributed by atoms with E-state index in [2.05, 4.69) is 41.2 Å². The minimum Gasteiger partial charge on any atom is -0.313 e. The van der Waals surface area contributed by atoms with Crippen molar-refractivity contribution in [3.8, 4) is 0 Å². The molecule has 3 heteroatoms. The van der Waals surface area contributed by atoms with Gasteiger partial charge in [0, 0.05) is 11.0 Å². The molecule has 1 aromatic rings. The lowest BCUT2D eigenvalue weighted by atomic mass is 10.1. The van der Waals surface area contributed by atoms with Gasteiger partial charge in [-0.25, -0.2) is 0 Å². The van der Waals surface area contributed by atoms with E-state index >= 15 is 0 Å². The van der Waals surface area contributed by atoms with Crippen LogP contribution in [0.1, 0.15) is 19.4 Å². The van der Waals surface area contributed by atoms with Crippen molar-refractivity contribution in [1.82, 2.24) is 5.32 Å². The van der Waals surface area contributed by atoms with Gasteiger partial charge in [0.25, 0.3) is 0 Å². The van der Waals surface area contributed by atoms with Crippen LogP contribution in [-0.4, -0.2) is 13.1 Å². The zero-order valence-electron chi connectivity index (χ0n) is 8.98. The van der Waals surface area contributed by atoms with Crippen LogP contribution in [0.15, 0.2) is 28.2 Å². The Morgan fingerprint density at radius 2 is 2.27 bits per heavy atom. The maximum Gasteiger partial charge on any atom is 0.0548 e. The third-order valence-corrected chi connectivity index (χ3v) is 3.22. The first kappa shape index (κ1) is 12.8. The molecule has 0 aliphatic rings. The zero-order chi connectivity index (χ0) is 11.3. The molecule has 0 heterocycles. The molecule has 0 bridgehead atoms. The number of nitrogens with one attached hydrogen (secondary N) is 1. The summed E-state index contributed by atoms with van der Waals surface area (Å²) in [5.41, 5.74) is 2.48. The Balaban J connectivity index is 2.75. The van der Waals surface area contributed by atoms with Crippen molar-refractivity contribution in [3.63, 3.8) is 0 Å². The number of hydrogen-bond acceptors (Lipinski definition) is 1. The summed E-state index contributed by atoms with van der Waals surface area (Å²) >= 11 is 9.33. The Bertz CT molecular complexity index is 361. The molecule has 15 heavy (non-hydrogen) atoms. The Kier molecular flexibility index (Phi) is 5.37. The van der Waals surface area contributed by atoms with Crippen molar-refractivity contribution in [2.24, 2.45) is 0 Å². The molecule has 0 spiro atoms. The maximum atomic E-state index is 5.92. The average Bonchev–Trinajstić information content (AvgIpc) is 2.20. The van der Waals surface area contributed by atoms with Gasteiger partial charge >= 0.3 is 0 Å². The summed E-state index contributed by atoms with van der Waals surface area (Å²) in [5, 5.41) is 4.03. The summed E-state index contributed by atoms with van der Waals surface area (Å²) in [6.45, 7) is 6.14. The third kappa shape index (κ3) is 4.37. The number of likely N-dealkylation sites (N-methyl/N-ethyl adjacent to an activating group) is 1. The molecule has 0 aromatic heterocycles. The van der Waals surface area contributed by atoms with Crippen molar-refractivity contribution in [2.75, 3.05) is 13.1 Å². The van der Waals surface area contributed by atoms with Crippen molar-refractivity contribution in [1.29, 1.82) is 0 Å². The van der Waals surface area contributed by atoms with Gasteiger partial charge < -0.3 is 5.32 Å². The number of benzene rings is 1. The fraction of sp³-hybridized carbons (Fsp3) is 0.333. The first-order valence-electron chi connectivity index (χ1n) is 4.96. The lowest BCUT2D eigenvalue weighted by molar-refractivity contribution is 0.778. The summed E-state index contributed by atoms with van der Waals surface area (Å²) in [4.78, 5) is 0. The zero-order valence-corrected chi connectivity index (χ0v) is 11.3. The highest BCUT2D eigenvalue weighted by Crippen LogP contribution is 2.24.